The van der Waals surface area contributed by atoms with Crippen molar-refractivity contribution in [3.05, 3.63) is 0 Å². The third-order valence-corrected chi connectivity index (χ3v) is 3.76. The predicted octanol–water partition coefficient (Wildman–Crippen LogP) is -0.952. The summed E-state index contributed by atoms with van der Waals surface area (Å²) in [5.74, 6) is 0. The molecule has 1 aliphatic heterocycles. The summed E-state index contributed by atoms with van der Waals surface area (Å²) in [7, 11) is 0. The summed E-state index contributed by atoms with van der Waals surface area (Å²) >= 11 is 0. The quantitative estimate of drug-likeness (QED) is 0.588. The molecule has 1 heterocycles. The maximum Gasteiger partial charge on any atom is 0.0639 e. The zero-order valence-electron chi connectivity index (χ0n) is 13.8. The van der Waals surface area contributed by atoms with Gasteiger partial charge in [0.05, 0.1) is 18.3 Å². The summed E-state index contributed by atoms with van der Waals surface area (Å²) < 4.78 is 0. The lowest BCUT2D eigenvalue weighted by molar-refractivity contribution is 0.102. The zero-order valence-corrected chi connectivity index (χ0v) is 13.8. The monoisotopic (exact) mass is 303 g/mol. The number of hydrogen-bond acceptors (Lipinski definition) is 6. The maximum absolute atomic E-state index is 9.61. The van der Waals surface area contributed by atoms with Crippen molar-refractivity contribution in [2.24, 2.45) is 0 Å². The Hall–Kier alpha value is -0.240. The minimum Gasteiger partial charge on any atom is -0.392 e. The van der Waals surface area contributed by atoms with Gasteiger partial charge in [0.25, 0.3) is 0 Å². The van der Waals surface area contributed by atoms with E-state index in [9.17, 15) is 15.3 Å². The van der Waals surface area contributed by atoms with Gasteiger partial charge < -0.3 is 15.3 Å². The summed E-state index contributed by atoms with van der Waals surface area (Å²) in [6.45, 7) is 12.9. The first-order valence-electron chi connectivity index (χ1n) is 8.08. The Bertz CT molecular complexity index is 220. The van der Waals surface area contributed by atoms with Gasteiger partial charge in [-0.25, -0.2) is 0 Å². The molecule has 21 heavy (non-hydrogen) atoms. The molecule has 0 radical (unpaired) electrons. The molecule has 0 aromatic carbocycles. The van der Waals surface area contributed by atoms with Crippen molar-refractivity contribution in [1.82, 2.24) is 14.7 Å². The zero-order chi connectivity index (χ0) is 15.8. The van der Waals surface area contributed by atoms with E-state index < -0.39 is 0 Å². The van der Waals surface area contributed by atoms with E-state index in [1.54, 1.807) is 0 Å². The number of rotatable bonds is 6. The maximum atomic E-state index is 9.61. The normalized spacial score (nSPS) is 24.9. The first-order valence-corrected chi connectivity index (χ1v) is 8.08. The van der Waals surface area contributed by atoms with Crippen LogP contribution < -0.4 is 0 Å². The van der Waals surface area contributed by atoms with Crippen LogP contribution >= 0.6 is 0 Å². The van der Waals surface area contributed by atoms with Crippen molar-refractivity contribution >= 4 is 0 Å². The van der Waals surface area contributed by atoms with Gasteiger partial charge in [0.1, 0.15) is 0 Å². The van der Waals surface area contributed by atoms with Gasteiger partial charge in [-0.3, -0.25) is 14.7 Å². The topological polar surface area (TPSA) is 70.4 Å². The van der Waals surface area contributed by atoms with Gasteiger partial charge in [0.2, 0.25) is 0 Å². The van der Waals surface area contributed by atoms with Crippen molar-refractivity contribution in [3.63, 3.8) is 0 Å². The highest BCUT2D eigenvalue weighted by Crippen LogP contribution is 2.03. The van der Waals surface area contributed by atoms with E-state index in [0.717, 1.165) is 39.3 Å². The Morgan fingerprint density at radius 1 is 0.571 bits per heavy atom. The summed E-state index contributed by atoms with van der Waals surface area (Å²) in [6, 6.07) is 0. The molecule has 0 aromatic heterocycles. The molecule has 1 rings (SSSR count). The van der Waals surface area contributed by atoms with Crippen molar-refractivity contribution in [1.29, 1.82) is 0 Å². The van der Waals surface area contributed by atoms with Crippen LogP contribution in [-0.2, 0) is 0 Å². The number of aliphatic hydroxyl groups excluding tert-OH is 3. The molecule has 0 aliphatic carbocycles. The van der Waals surface area contributed by atoms with E-state index in [2.05, 4.69) is 14.7 Å². The SMILES string of the molecule is C[C@H](O)CN1CCN(C[C@@H](C)O)CCN(C[C@@H](C)O)CC1. The summed E-state index contributed by atoms with van der Waals surface area (Å²) in [5.41, 5.74) is 0. The summed E-state index contributed by atoms with van der Waals surface area (Å²) in [4.78, 5) is 6.79. The van der Waals surface area contributed by atoms with Crippen molar-refractivity contribution in [3.8, 4) is 0 Å². The van der Waals surface area contributed by atoms with Gasteiger partial charge in [0, 0.05) is 58.9 Å². The molecule has 6 nitrogen and oxygen atoms in total. The second-order valence-corrected chi connectivity index (χ2v) is 6.45. The molecular weight excluding hydrogens is 270 g/mol. The number of hydrogen-bond donors (Lipinski definition) is 3. The lowest BCUT2D eigenvalue weighted by Gasteiger charge is -2.27. The highest BCUT2D eigenvalue weighted by molar-refractivity contribution is 4.74. The fourth-order valence-corrected chi connectivity index (χ4v) is 2.85. The van der Waals surface area contributed by atoms with Crippen LogP contribution in [0.25, 0.3) is 0 Å². The van der Waals surface area contributed by atoms with E-state index >= 15 is 0 Å². The predicted molar refractivity (Wildman–Crippen MR) is 84.4 cm³/mol. The van der Waals surface area contributed by atoms with Crippen molar-refractivity contribution < 1.29 is 15.3 Å². The highest BCUT2D eigenvalue weighted by Gasteiger charge is 2.18. The molecule has 0 unspecified atom stereocenters. The summed E-state index contributed by atoms with van der Waals surface area (Å²) in [5, 5.41) is 28.8. The molecule has 0 aromatic rings. The van der Waals surface area contributed by atoms with Crippen LogP contribution in [0.3, 0.4) is 0 Å². The molecular formula is C15H33N3O3. The molecule has 0 amide bonds. The van der Waals surface area contributed by atoms with E-state index in [4.69, 9.17) is 0 Å². The van der Waals surface area contributed by atoms with Gasteiger partial charge in [-0.05, 0) is 20.8 Å². The Balaban J connectivity index is 2.62. The first kappa shape index (κ1) is 18.8. The highest BCUT2D eigenvalue weighted by atomic mass is 16.3. The second kappa shape index (κ2) is 9.71. The molecule has 0 spiro atoms. The number of aliphatic hydroxyl groups is 3. The van der Waals surface area contributed by atoms with Crippen LogP contribution in [0, 0.1) is 0 Å². The number of β-amino-alcohol motifs (C(OH)–C–C–N with tert-alkyl or cyclic N) is 3. The van der Waals surface area contributed by atoms with Gasteiger partial charge in [-0.2, -0.15) is 0 Å². The van der Waals surface area contributed by atoms with Gasteiger partial charge >= 0.3 is 0 Å². The smallest absolute Gasteiger partial charge is 0.0639 e. The van der Waals surface area contributed by atoms with Crippen molar-refractivity contribution in [2.45, 2.75) is 39.1 Å². The van der Waals surface area contributed by atoms with Crippen LogP contribution in [0.4, 0.5) is 0 Å². The van der Waals surface area contributed by atoms with Crippen LogP contribution in [-0.4, -0.2) is 107 Å². The second-order valence-electron chi connectivity index (χ2n) is 6.45. The average molecular weight is 303 g/mol. The Morgan fingerprint density at radius 3 is 0.905 bits per heavy atom. The van der Waals surface area contributed by atoms with E-state index in [1.165, 1.54) is 0 Å². The Kier molecular flexibility index (Phi) is 8.70. The fourth-order valence-electron chi connectivity index (χ4n) is 2.85. The van der Waals surface area contributed by atoms with Crippen LogP contribution in [0.2, 0.25) is 0 Å². The average Bonchev–Trinajstić information content (AvgIpc) is 2.42. The molecule has 3 N–H and O–H groups in total. The van der Waals surface area contributed by atoms with Crippen LogP contribution in [0.1, 0.15) is 20.8 Å². The minimum absolute atomic E-state index is 0.332. The molecule has 1 fully saturated rings. The van der Waals surface area contributed by atoms with Gasteiger partial charge in [-0.15, -0.1) is 0 Å². The lowest BCUT2D eigenvalue weighted by Crippen LogP contribution is -2.41. The first-order chi connectivity index (χ1) is 9.86. The Morgan fingerprint density at radius 2 is 0.762 bits per heavy atom. The van der Waals surface area contributed by atoms with Gasteiger partial charge in [0.15, 0.2) is 0 Å². The molecule has 126 valence electrons. The third-order valence-electron chi connectivity index (χ3n) is 3.76. The fraction of sp³-hybridized carbons (Fsp3) is 1.00. The lowest BCUT2D eigenvalue weighted by atomic mass is 10.3. The largest absolute Gasteiger partial charge is 0.392 e. The van der Waals surface area contributed by atoms with E-state index in [1.807, 2.05) is 20.8 Å². The van der Waals surface area contributed by atoms with E-state index in [-0.39, 0.29) is 18.3 Å². The van der Waals surface area contributed by atoms with E-state index in [0.29, 0.717) is 19.6 Å². The molecule has 1 aliphatic rings. The number of nitrogens with zero attached hydrogens (tertiary/aromatic N) is 3. The molecule has 0 bridgehead atoms. The van der Waals surface area contributed by atoms with Crippen molar-refractivity contribution in [2.75, 3.05) is 58.9 Å². The molecule has 3 atom stereocenters. The molecule has 0 saturated carbocycles. The molecule has 1 saturated heterocycles. The minimum atomic E-state index is -0.332. The standard InChI is InChI=1S/C15H33N3O3/c1-13(19)10-16-4-6-17(11-14(2)20)8-9-18(7-5-16)12-15(3)21/h13-15,19-21H,4-12H2,1-3H3/t13-,14-,15+/m1/s1. The molecule has 6 heteroatoms. The summed E-state index contributed by atoms with van der Waals surface area (Å²) in [6.07, 6.45) is -0.997. The van der Waals surface area contributed by atoms with Crippen LogP contribution in [0.15, 0.2) is 0 Å². The third kappa shape index (κ3) is 8.70. The Labute approximate surface area is 129 Å². The van der Waals surface area contributed by atoms with Gasteiger partial charge in [-0.1, -0.05) is 0 Å². The van der Waals surface area contributed by atoms with Crippen LogP contribution in [0.5, 0.6) is 0 Å².